The van der Waals surface area contributed by atoms with Crippen LogP contribution >= 0.6 is 0 Å². The number of rotatable bonds is 5. The van der Waals surface area contributed by atoms with Crippen LogP contribution in [-0.2, 0) is 0 Å². The van der Waals surface area contributed by atoms with E-state index in [1.807, 2.05) is 0 Å². The molecule has 1 unspecified atom stereocenters. The molecule has 2 N–H and O–H groups in total. The second kappa shape index (κ2) is 5.74. The first-order valence-electron chi connectivity index (χ1n) is 5.73. The standard InChI is InChI=1S/C12H11F2N3O3/c13-12(14)10(18)6-16-8-3-4-9(17(19)20)7-2-1-5-15-11(7)8/h1-5,10,12,16,18H,6H2. The molecule has 8 heteroatoms. The molecule has 0 bridgehead atoms. The Morgan fingerprint density at radius 3 is 2.80 bits per heavy atom. The molecule has 2 rings (SSSR count). The summed E-state index contributed by atoms with van der Waals surface area (Å²) in [6.45, 7) is -0.374. The number of hydrogen-bond acceptors (Lipinski definition) is 5. The lowest BCUT2D eigenvalue weighted by Crippen LogP contribution is -2.26. The second-order valence-electron chi connectivity index (χ2n) is 4.07. The van der Waals surface area contributed by atoms with Gasteiger partial charge in [-0.3, -0.25) is 15.1 Å². The molecule has 0 spiro atoms. The van der Waals surface area contributed by atoms with Crippen molar-refractivity contribution in [3.63, 3.8) is 0 Å². The minimum absolute atomic E-state index is 0.118. The lowest BCUT2D eigenvalue weighted by molar-refractivity contribution is -0.383. The van der Waals surface area contributed by atoms with Crippen LogP contribution in [0.3, 0.4) is 0 Å². The van der Waals surface area contributed by atoms with E-state index in [1.54, 1.807) is 6.07 Å². The lowest BCUT2D eigenvalue weighted by Gasteiger charge is -2.13. The zero-order valence-electron chi connectivity index (χ0n) is 10.2. The molecule has 0 saturated heterocycles. The Kier molecular flexibility index (Phi) is 4.04. The Hall–Kier alpha value is -2.35. The van der Waals surface area contributed by atoms with E-state index in [1.165, 1.54) is 24.4 Å². The number of aliphatic hydroxyl groups is 1. The number of non-ortho nitro benzene ring substituents is 1. The van der Waals surface area contributed by atoms with E-state index in [9.17, 15) is 18.9 Å². The van der Waals surface area contributed by atoms with E-state index in [4.69, 9.17) is 5.11 Å². The molecule has 2 aromatic rings. The quantitative estimate of drug-likeness (QED) is 0.648. The van der Waals surface area contributed by atoms with Crippen molar-refractivity contribution in [2.45, 2.75) is 12.5 Å². The number of nitro benzene ring substituents is 1. The van der Waals surface area contributed by atoms with Crippen molar-refractivity contribution in [3.05, 3.63) is 40.6 Å². The third-order valence-corrected chi connectivity index (χ3v) is 2.74. The number of nitrogens with zero attached hydrogens (tertiary/aromatic N) is 2. The summed E-state index contributed by atoms with van der Waals surface area (Å²) in [5.41, 5.74) is 0.530. The molecule has 0 fully saturated rings. The third-order valence-electron chi connectivity index (χ3n) is 2.74. The first-order chi connectivity index (χ1) is 9.50. The zero-order valence-corrected chi connectivity index (χ0v) is 10.2. The monoisotopic (exact) mass is 283 g/mol. The molecule has 1 heterocycles. The zero-order chi connectivity index (χ0) is 14.7. The lowest BCUT2D eigenvalue weighted by atomic mass is 10.1. The van der Waals surface area contributed by atoms with Gasteiger partial charge in [-0.05, 0) is 18.2 Å². The van der Waals surface area contributed by atoms with E-state index in [0.29, 0.717) is 16.6 Å². The number of alkyl halides is 2. The third kappa shape index (κ3) is 2.80. The van der Waals surface area contributed by atoms with E-state index < -0.39 is 17.5 Å². The topological polar surface area (TPSA) is 88.3 Å². The minimum Gasteiger partial charge on any atom is -0.385 e. The molecule has 0 radical (unpaired) electrons. The van der Waals surface area contributed by atoms with Gasteiger partial charge in [-0.15, -0.1) is 0 Å². The number of nitrogens with one attached hydrogen (secondary N) is 1. The van der Waals surface area contributed by atoms with Crippen molar-refractivity contribution in [2.75, 3.05) is 11.9 Å². The van der Waals surface area contributed by atoms with Crippen LogP contribution in [0, 0.1) is 10.1 Å². The summed E-state index contributed by atoms with van der Waals surface area (Å²) in [6, 6.07) is 5.72. The fraction of sp³-hybridized carbons (Fsp3) is 0.250. The van der Waals surface area contributed by atoms with Gasteiger partial charge in [0.15, 0.2) is 0 Å². The highest BCUT2D eigenvalue weighted by Crippen LogP contribution is 2.29. The summed E-state index contributed by atoms with van der Waals surface area (Å²) in [5.74, 6) is 0. The second-order valence-corrected chi connectivity index (χ2v) is 4.07. The number of hydrogen-bond donors (Lipinski definition) is 2. The maximum absolute atomic E-state index is 12.2. The van der Waals surface area contributed by atoms with Gasteiger partial charge in [0.05, 0.1) is 16.0 Å². The fourth-order valence-electron chi connectivity index (χ4n) is 1.76. The Morgan fingerprint density at radius 1 is 1.40 bits per heavy atom. The molecule has 1 atom stereocenters. The Labute approximate surface area is 112 Å². The van der Waals surface area contributed by atoms with E-state index in [0.717, 1.165) is 0 Å². The highest BCUT2D eigenvalue weighted by Gasteiger charge is 2.18. The summed E-state index contributed by atoms with van der Waals surface area (Å²) in [7, 11) is 0. The maximum Gasteiger partial charge on any atom is 0.278 e. The first-order valence-corrected chi connectivity index (χ1v) is 5.73. The van der Waals surface area contributed by atoms with Gasteiger partial charge < -0.3 is 10.4 Å². The largest absolute Gasteiger partial charge is 0.385 e. The van der Waals surface area contributed by atoms with Crippen LogP contribution in [0.1, 0.15) is 0 Å². The molecular weight excluding hydrogens is 272 g/mol. The Morgan fingerprint density at radius 2 is 2.15 bits per heavy atom. The molecule has 20 heavy (non-hydrogen) atoms. The predicted molar refractivity (Wildman–Crippen MR) is 68.9 cm³/mol. The molecule has 6 nitrogen and oxygen atoms in total. The van der Waals surface area contributed by atoms with Crippen LogP contribution in [-0.4, -0.2) is 34.1 Å². The van der Waals surface area contributed by atoms with Crippen LogP contribution in [0.2, 0.25) is 0 Å². The van der Waals surface area contributed by atoms with Gasteiger partial charge in [0, 0.05) is 18.8 Å². The normalized spacial score (nSPS) is 12.6. The molecule has 0 saturated carbocycles. The van der Waals surface area contributed by atoms with Crippen molar-refractivity contribution in [1.29, 1.82) is 0 Å². The van der Waals surface area contributed by atoms with E-state index >= 15 is 0 Å². The van der Waals surface area contributed by atoms with Gasteiger partial charge in [-0.1, -0.05) is 0 Å². The van der Waals surface area contributed by atoms with Crippen LogP contribution in [0.15, 0.2) is 30.5 Å². The first kappa shape index (κ1) is 14.1. The molecule has 0 aliphatic carbocycles. The smallest absolute Gasteiger partial charge is 0.278 e. The van der Waals surface area contributed by atoms with Gasteiger partial charge in [0.2, 0.25) is 0 Å². The predicted octanol–water partition coefficient (Wildman–Crippen LogP) is 2.18. The highest BCUT2D eigenvalue weighted by molar-refractivity contribution is 5.96. The number of pyridine rings is 1. The number of benzene rings is 1. The summed E-state index contributed by atoms with van der Waals surface area (Å²) in [5, 5.41) is 22.9. The molecule has 1 aromatic heterocycles. The number of aromatic nitrogens is 1. The van der Waals surface area contributed by atoms with Crippen LogP contribution in [0.5, 0.6) is 0 Å². The van der Waals surface area contributed by atoms with Crippen LogP contribution in [0.4, 0.5) is 20.2 Å². The minimum atomic E-state index is -2.86. The molecule has 106 valence electrons. The van der Waals surface area contributed by atoms with Crippen LogP contribution < -0.4 is 5.32 Å². The van der Waals surface area contributed by atoms with Crippen molar-refractivity contribution in [3.8, 4) is 0 Å². The van der Waals surface area contributed by atoms with Gasteiger partial charge >= 0.3 is 0 Å². The van der Waals surface area contributed by atoms with Crippen molar-refractivity contribution < 1.29 is 18.8 Å². The van der Waals surface area contributed by atoms with Crippen molar-refractivity contribution in [1.82, 2.24) is 4.98 Å². The summed E-state index contributed by atoms with van der Waals surface area (Å²) >= 11 is 0. The molecular formula is C12H11F2N3O3. The van der Waals surface area contributed by atoms with E-state index in [2.05, 4.69) is 10.3 Å². The van der Waals surface area contributed by atoms with Crippen molar-refractivity contribution in [2.24, 2.45) is 0 Å². The average molecular weight is 283 g/mol. The molecule has 0 aliphatic rings. The van der Waals surface area contributed by atoms with Gasteiger partial charge in [0.1, 0.15) is 11.6 Å². The number of anilines is 1. The highest BCUT2D eigenvalue weighted by atomic mass is 19.3. The Balaban J connectivity index is 2.36. The summed E-state index contributed by atoms with van der Waals surface area (Å²) in [6.07, 6.45) is -3.23. The fourth-order valence-corrected chi connectivity index (χ4v) is 1.76. The van der Waals surface area contributed by atoms with Crippen LogP contribution in [0.25, 0.3) is 10.9 Å². The number of nitro groups is 1. The SMILES string of the molecule is O=[N+]([O-])c1ccc(NCC(O)C(F)F)c2ncccc12. The summed E-state index contributed by atoms with van der Waals surface area (Å²) in [4.78, 5) is 14.4. The Bertz CT molecular complexity index is 636. The summed E-state index contributed by atoms with van der Waals surface area (Å²) < 4.78 is 24.4. The van der Waals surface area contributed by atoms with Gasteiger partial charge in [-0.25, -0.2) is 8.78 Å². The van der Waals surface area contributed by atoms with Crippen molar-refractivity contribution >= 4 is 22.3 Å². The molecule has 0 amide bonds. The average Bonchev–Trinajstić information content (AvgIpc) is 2.43. The van der Waals surface area contributed by atoms with E-state index in [-0.39, 0.29) is 12.2 Å². The molecule has 0 aliphatic heterocycles. The van der Waals surface area contributed by atoms with Gasteiger partial charge in [-0.2, -0.15) is 0 Å². The molecule has 1 aromatic carbocycles. The maximum atomic E-state index is 12.2. The van der Waals surface area contributed by atoms with Gasteiger partial charge in [0.25, 0.3) is 12.1 Å². The number of fused-ring (bicyclic) bond motifs is 1. The number of aliphatic hydroxyl groups excluding tert-OH is 1. The number of halogens is 2.